The first kappa shape index (κ1) is 15.4. The highest BCUT2D eigenvalue weighted by molar-refractivity contribution is 5.95. The van der Waals surface area contributed by atoms with E-state index < -0.39 is 0 Å². The molecule has 2 aromatic rings. The predicted octanol–water partition coefficient (Wildman–Crippen LogP) is 2.46. The van der Waals surface area contributed by atoms with Gasteiger partial charge in [-0.3, -0.25) is 4.79 Å². The van der Waals surface area contributed by atoms with Gasteiger partial charge in [-0.15, -0.1) is 0 Å². The molecule has 2 aliphatic rings. The van der Waals surface area contributed by atoms with Crippen LogP contribution in [-0.2, 0) is 6.54 Å². The number of benzene rings is 2. The van der Waals surface area contributed by atoms with E-state index >= 15 is 0 Å². The van der Waals surface area contributed by atoms with Crippen molar-refractivity contribution in [3.05, 3.63) is 59.7 Å². The van der Waals surface area contributed by atoms with Crippen LogP contribution in [0.5, 0.6) is 0 Å². The van der Waals surface area contributed by atoms with Crippen LogP contribution in [0.25, 0.3) is 11.1 Å². The van der Waals surface area contributed by atoms with Gasteiger partial charge >= 0.3 is 0 Å². The van der Waals surface area contributed by atoms with E-state index in [9.17, 15) is 9.90 Å². The zero-order valence-electron chi connectivity index (χ0n) is 13.5. The van der Waals surface area contributed by atoms with Crippen molar-refractivity contribution in [2.75, 3.05) is 0 Å². The first-order valence-electron chi connectivity index (χ1n) is 8.48. The lowest BCUT2D eigenvalue weighted by atomic mass is 9.78. The Kier molecular flexibility index (Phi) is 3.66. The van der Waals surface area contributed by atoms with Gasteiger partial charge in [0, 0.05) is 18.2 Å². The van der Waals surface area contributed by atoms with E-state index in [2.05, 4.69) is 11.4 Å². The molecule has 2 fully saturated rings. The van der Waals surface area contributed by atoms with E-state index in [4.69, 9.17) is 5.73 Å². The van der Waals surface area contributed by atoms with E-state index in [1.54, 1.807) is 0 Å². The number of carbonyl (C=O) groups is 1. The molecule has 4 nitrogen and oxygen atoms in total. The molecule has 2 aliphatic carbocycles. The maximum atomic E-state index is 12.4. The van der Waals surface area contributed by atoms with Crippen molar-refractivity contribution in [3.8, 4) is 11.1 Å². The van der Waals surface area contributed by atoms with Crippen LogP contribution in [0, 0.1) is 5.41 Å². The number of rotatable bonds is 4. The smallest absolute Gasteiger partial charge is 0.251 e. The normalized spacial score (nSPS) is 27.6. The predicted molar refractivity (Wildman–Crippen MR) is 93.3 cm³/mol. The first-order valence-corrected chi connectivity index (χ1v) is 8.48. The SMILES string of the molecule is NCc1cccc(-c2ccc(C(=O)NC3CC34CC(O)C4)cc2)c1. The minimum absolute atomic E-state index is 0.0273. The highest BCUT2D eigenvalue weighted by atomic mass is 16.3. The molecule has 2 aromatic carbocycles. The molecule has 2 saturated carbocycles. The summed E-state index contributed by atoms with van der Waals surface area (Å²) in [6.45, 7) is 0.520. The Hall–Kier alpha value is -2.17. The van der Waals surface area contributed by atoms with Crippen molar-refractivity contribution < 1.29 is 9.90 Å². The Bertz CT molecular complexity index is 763. The van der Waals surface area contributed by atoms with Crippen molar-refractivity contribution in [3.63, 3.8) is 0 Å². The summed E-state index contributed by atoms with van der Waals surface area (Å²) in [6.07, 6.45) is 2.48. The molecule has 4 rings (SSSR count). The Labute approximate surface area is 141 Å². The molecule has 0 saturated heterocycles. The summed E-state index contributed by atoms with van der Waals surface area (Å²) in [6, 6.07) is 16.0. The molecule has 0 bridgehead atoms. The van der Waals surface area contributed by atoms with Crippen LogP contribution in [0.2, 0.25) is 0 Å². The molecular formula is C20H22N2O2. The maximum absolute atomic E-state index is 12.4. The van der Waals surface area contributed by atoms with Crippen LogP contribution < -0.4 is 11.1 Å². The third-order valence-corrected chi connectivity index (χ3v) is 5.42. The maximum Gasteiger partial charge on any atom is 0.251 e. The largest absolute Gasteiger partial charge is 0.393 e. The van der Waals surface area contributed by atoms with Gasteiger partial charge in [-0.25, -0.2) is 0 Å². The zero-order chi connectivity index (χ0) is 16.7. The van der Waals surface area contributed by atoms with E-state index in [1.807, 2.05) is 42.5 Å². The number of carbonyl (C=O) groups excluding carboxylic acids is 1. The number of hydrogen-bond donors (Lipinski definition) is 3. The molecule has 0 aliphatic heterocycles. The van der Waals surface area contributed by atoms with Crippen LogP contribution in [0.15, 0.2) is 48.5 Å². The van der Waals surface area contributed by atoms with E-state index in [1.165, 1.54) is 0 Å². The lowest BCUT2D eigenvalue weighted by Crippen LogP contribution is -2.38. The summed E-state index contributed by atoms with van der Waals surface area (Å²) in [5.74, 6) is -0.0273. The van der Waals surface area contributed by atoms with E-state index in [0.29, 0.717) is 12.1 Å². The summed E-state index contributed by atoms with van der Waals surface area (Å²) < 4.78 is 0. The average Bonchev–Trinajstić information content (AvgIpc) is 3.28. The molecule has 0 aromatic heterocycles. The van der Waals surface area contributed by atoms with E-state index in [0.717, 1.165) is 36.0 Å². The van der Waals surface area contributed by atoms with Gasteiger partial charge in [0.2, 0.25) is 0 Å². The topological polar surface area (TPSA) is 75.4 Å². The number of aliphatic hydroxyl groups excluding tert-OH is 1. The van der Waals surface area contributed by atoms with Crippen LogP contribution in [0.3, 0.4) is 0 Å². The number of hydrogen-bond acceptors (Lipinski definition) is 3. The van der Waals surface area contributed by atoms with Crippen LogP contribution in [0.4, 0.5) is 0 Å². The fraction of sp³-hybridized carbons (Fsp3) is 0.350. The van der Waals surface area contributed by atoms with Crippen LogP contribution >= 0.6 is 0 Å². The van der Waals surface area contributed by atoms with Gasteiger partial charge in [0.05, 0.1) is 6.10 Å². The summed E-state index contributed by atoms with van der Waals surface area (Å²) in [7, 11) is 0. The monoisotopic (exact) mass is 322 g/mol. The Morgan fingerprint density at radius 1 is 1.12 bits per heavy atom. The van der Waals surface area contributed by atoms with Gasteiger partial charge in [-0.05, 0) is 59.6 Å². The molecule has 4 heteroatoms. The second kappa shape index (κ2) is 5.72. The molecule has 24 heavy (non-hydrogen) atoms. The van der Waals surface area contributed by atoms with Crippen molar-refractivity contribution in [2.45, 2.75) is 38.0 Å². The Balaban J connectivity index is 1.43. The molecule has 0 radical (unpaired) electrons. The number of aliphatic hydroxyl groups is 1. The third kappa shape index (κ3) is 2.72. The first-order chi connectivity index (χ1) is 11.6. The summed E-state index contributed by atoms with van der Waals surface area (Å²) in [5, 5.41) is 12.5. The molecule has 0 heterocycles. The molecule has 1 atom stereocenters. The highest BCUT2D eigenvalue weighted by Gasteiger charge is 2.61. The van der Waals surface area contributed by atoms with Crippen molar-refractivity contribution in [2.24, 2.45) is 11.1 Å². The fourth-order valence-electron chi connectivity index (χ4n) is 3.82. The van der Waals surface area contributed by atoms with Crippen molar-refractivity contribution >= 4 is 5.91 Å². The summed E-state index contributed by atoms with van der Waals surface area (Å²) in [4.78, 5) is 12.4. The minimum Gasteiger partial charge on any atom is -0.393 e. The second-order valence-electron chi connectivity index (χ2n) is 7.14. The molecule has 1 amide bonds. The second-order valence-corrected chi connectivity index (χ2v) is 7.14. The molecular weight excluding hydrogens is 300 g/mol. The fourth-order valence-corrected chi connectivity index (χ4v) is 3.82. The molecule has 1 spiro atoms. The van der Waals surface area contributed by atoms with Crippen LogP contribution in [-0.4, -0.2) is 23.2 Å². The van der Waals surface area contributed by atoms with Gasteiger partial charge in [0.15, 0.2) is 0 Å². The Morgan fingerprint density at radius 2 is 1.88 bits per heavy atom. The lowest BCUT2D eigenvalue weighted by molar-refractivity contribution is 0.0235. The molecule has 1 unspecified atom stereocenters. The lowest BCUT2D eigenvalue weighted by Gasteiger charge is -2.32. The summed E-state index contributed by atoms with van der Waals surface area (Å²) >= 11 is 0. The zero-order valence-corrected chi connectivity index (χ0v) is 13.5. The van der Waals surface area contributed by atoms with Gasteiger partial charge in [-0.2, -0.15) is 0 Å². The minimum atomic E-state index is -0.171. The molecule has 4 N–H and O–H groups in total. The number of nitrogens with one attached hydrogen (secondary N) is 1. The van der Waals surface area contributed by atoms with Gasteiger partial charge in [0.1, 0.15) is 0 Å². The van der Waals surface area contributed by atoms with Gasteiger partial charge < -0.3 is 16.2 Å². The quantitative estimate of drug-likeness (QED) is 0.809. The third-order valence-electron chi connectivity index (χ3n) is 5.42. The number of amides is 1. The molecule has 124 valence electrons. The van der Waals surface area contributed by atoms with Crippen molar-refractivity contribution in [1.29, 1.82) is 0 Å². The van der Waals surface area contributed by atoms with Crippen LogP contribution in [0.1, 0.15) is 35.2 Å². The average molecular weight is 322 g/mol. The number of nitrogens with two attached hydrogens (primary N) is 1. The van der Waals surface area contributed by atoms with Gasteiger partial charge in [-0.1, -0.05) is 30.3 Å². The standard InChI is InChI=1S/C20H22N2O2/c21-12-13-2-1-3-16(8-13)14-4-6-15(7-5-14)19(24)22-18-11-20(18)9-17(23)10-20/h1-8,17-18,23H,9-12,21H2,(H,22,24). The highest BCUT2D eigenvalue weighted by Crippen LogP contribution is 2.60. The van der Waals surface area contributed by atoms with E-state index in [-0.39, 0.29) is 23.5 Å². The summed E-state index contributed by atoms with van der Waals surface area (Å²) in [5.41, 5.74) is 9.84. The van der Waals surface area contributed by atoms with Crippen molar-refractivity contribution in [1.82, 2.24) is 5.32 Å². The van der Waals surface area contributed by atoms with Gasteiger partial charge in [0.25, 0.3) is 5.91 Å². The Morgan fingerprint density at radius 3 is 2.54 bits per heavy atom.